The van der Waals surface area contributed by atoms with E-state index < -0.39 is 10.8 Å². The fourth-order valence-electron chi connectivity index (χ4n) is 2.54. The molecule has 7 heteroatoms. The number of ether oxygens (including phenoxy) is 1. The van der Waals surface area contributed by atoms with Crippen molar-refractivity contribution in [3.05, 3.63) is 105 Å². The Bertz CT molecular complexity index is 1030. The van der Waals surface area contributed by atoms with Crippen LogP contribution in [0.2, 0.25) is 0 Å². The van der Waals surface area contributed by atoms with Gasteiger partial charge in [-0.2, -0.15) is 5.10 Å². The largest absolute Gasteiger partial charge is 0.489 e. The number of hydrogen-bond acceptors (Lipinski definition) is 5. The van der Waals surface area contributed by atoms with E-state index in [-0.39, 0.29) is 5.69 Å². The second-order valence-electron chi connectivity index (χ2n) is 6.31. The van der Waals surface area contributed by atoms with Gasteiger partial charge >= 0.3 is 0 Å². The molecule has 0 unspecified atom stereocenters. The number of para-hydroxylation sites is 1. The maximum atomic E-state index is 12.2. The average Bonchev–Trinajstić information content (AvgIpc) is 2.74. The van der Waals surface area contributed by atoms with Gasteiger partial charge in [0, 0.05) is 11.6 Å². The van der Waals surface area contributed by atoms with Crippen LogP contribution < -0.4 is 10.2 Å². The van der Waals surface area contributed by atoms with Crippen molar-refractivity contribution in [3.8, 4) is 5.75 Å². The molecule has 1 amide bonds. The van der Waals surface area contributed by atoms with E-state index >= 15 is 0 Å². The van der Waals surface area contributed by atoms with Gasteiger partial charge in [0.2, 0.25) is 0 Å². The van der Waals surface area contributed by atoms with Gasteiger partial charge < -0.3 is 4.74 Å². The molecule has 0 spiro atoms. The summed E-state index contributed by atoms with van der Waals surface area (Å²) >= 11 is 0. The number of rotatable bonds is 7. The Balaban J connectivity index is 1.56. The molecule has 3 aromatic carbocycles. The smallest absolute Gasteiger partial charge is 0.278 e. The summed E-state index contributed by atoms with van der Waals surface area (Å²) < 4.78 is 5.71. The lowest BCUT2D eigenvalue weighted by Crippen LogP contribution is -2.17. The van der Waals surface area contributed by atoms with Crippen LogP contribution in [0.25, 0.3) is 0 Å². The first-order valence-electron chi connectivity index (χ1n) is 8.88. The van der Waals surface area contributed by atoms with Crippen molar-refractivity contribution in [1.29, 1.82) is 0 Å². The second-order valence-corrected chi connectivity index (χ2v) is 6.31. The highest BCUT2D eigenvalue weighted by molar-refractivity contribution is 5.95. The molecule has 0 fully saturated rings. The summed E-state index contributed by atoms with van der Waals surface area (Å²) in [4.78, 5) is 22.7. The molecule has 7 nitrogen and oxygen atoms in total. The minimum absolute atomic E-state index is 0.0802. The van der Waals surface area contributed by atoms with E-state index in [2.05, 4.69) is 10.5 Å². The van der Waals surface area contributed by atoms with Gasteiger partial charge in [-0.3, -0.25) is 14.9 Å². The zero-order valence-corrected chi connectivity index (χ0v) is 15.7. The van der Waals surface area contributed by atoms with E-state index in [4.69, 9.17) is 4.74 Å². The van der Waals surface area contributed by atoms with Crippen molar-refractivity contribution in [2.45, 2.75) is 13.5 Å². The molecule has 146 valence electrons. The number of carbonyl (C=O) groups is 1. The van der Waals surface area contributed by atoms with Gasteiger partial charge in [-0.05, 0) is 42.8 Å². The lowest BCUT2D eigenvalue weighted by Gasteiger charge is -2.07. The van der Waals surface area contributed by atoms with E-state index in [1.165, 1.54) is 12.3 Å². The van der Waals surface area contributed by atoms with E-state index in [0.29, 0.717) is 17.7 Å². The minimum Gasteiger partial charge on any atom is -0.489 e. The lowest BCUT2D eigenvalue weighted by atomic mass is 10.1. The monoisotopic (exact) mass is 389 g/mol. The van der Waals surface area contributed by atoms with Crippen molar-refractivity contribution < 1.29 is 14.5 Å². The zero-order valence-electron chi connectivity index (χ0n) is 15.7. The molecule has 0 aromatic heterocycles. The molecule has 0 aliphatic rings. The second kappa shape index (κ2) is 9.27. The maximum Gasteiger partial charge on any atom is 0.278 e. The lowest BCUT2D eigenvalue weighted by molar-refractivity contribution is -0.385. The van der Waals surface area contributed by atoms with E-state index in [1.807, 2.05) is 31.2 Å². The summed E-state index contributed by atoms with van der Waals surface area (Å²) in [6, 6.07) is 20.9. The standard InChI is InChI=1S/C22H19N3O4/c1-16-6-12-20(13-7-16)29-15-17-8-10-18(11-9-17)22(26)24-23-14-19-4-2-3-5-21(19)25(27)28/h2-14H,15H2,1H3,(H,24,26)/b23-14+. The Morgan fingerprint density at radius 3 is 2.45 bits per heavy atom. The number of aryl methyl sites for hydroxylation is 1. The van der Waals surface area contributed by atoms with Gasteiger partial charge in [-0.15, -0.1) is 0 Å². The Morgan fingerprint density at radius 2 is 1.76 bits per heavy atom. The Labute approximate surface area is 167 Å². The Morgan fingerprint density at radius 1 is 1.07 bits per heavy atom. The van der Waals surface area contributed by atoms with Crippen LogP contribution in [0.15, 0.2) is 77.9 Å². The number of nitro benzene ring substituents is 1. The third-order valence-corrected chi connectivity index (χ3v) is 4.15. The van der Waals surface area contributed by atoms with Gasteiger partial charge in [0.05, 0.1) is 16.7 Å². The molecule has 0 heterocycles. The molecule has 0 atom stereocenters. The van der Waals surface area contributed by atoms with Crippen molar-refractivity contribution >= 4 is 17.8 Å². The van der Waals surface area contributed by atoms with E-state index in [9.17, 15) is 14.9 Å². The van der Waals surface area contributed by atoms with Crippen LogP contribution in [0.3, 0.4) is 0 Å². The molecule has 29 heavy (non-hydrogen) atoms. The third-order valence-electron chi connectivity index (χ3n) is 4.15. The highest BCUT2D eigenvalue weighted by Gasteiger charge is 2.10. The minimum atomic E-state index is -0.499. The number of nitrogens with zero attached hydrogens (tertiary/aromatic N) is 2. The third kappa shape index (κ3) is 5.49. The quantitative estimate of drug-likeness (QED) is 0.371. The van der Waals surface area contributed by atoms with E-state index in [1.54, 1.807) is 42.5 Å². The van der Waals surface area contributed by atoms with Gasteiger partial charge in [0.25, 0.3) is 11.6 Å². The number of amides is 1. The van der Waals surface area contributed by atoms with E-state index in [0.717, 1.165) is 16.9 Å². The van der Waals surface area contributed by atoms with Crippen LogP contribution in [-0.4, -0.2) is 17.0 Å². The topological polar surface area (TPSA) is 93.8 Å². The molecule has 0 aliphatic carbocycles. The van der Waals surface area contributed by atoms with Gasteiger partial charge in [-0.25, -0.2) is 5.43 Å². The molecule has 0 saturated heterocycles. The fourth-order valence-corrected chi connectivity index (χ4v) is 2.54. The number of benzene rings is 3. The number of hydrazone groups is 1. The van der Waals surface area contributed by atoms with Crippen LogP contribution in [0, 0.1) is 17.0 Å². The predicted molar refractivity (Wildman–Crippen MR) is 110 cm³/mol. The normalized spacial score (nSPS) is 10.7. The zero-order chi connectivity index (χ0) is 20.6. The first kappa shape index (κ1) is 19.8. The summed E-state index contributed by atoms with van der Waals surface area (Å²) in [6.07, 6.45) is 1.25. The first-order chi connectivity index (χ1) is 14.0. The summed E-state index contributed by atoms with van der Waals surface area (Å²) in [7, 11) is 0. The van der Waals surface area contributed by atoms with Gasteiger partial charge in [-0.1, -0.05) is 42.0 Å². The van der Waals surface area contributed by atoms with Crippen molar-refractivity contribution in [2.24, 2.45) is 5.10 Å². The SMILES string of the molecule is Cc1ccc(OCc2ccc(C(=O)N/N=C/c3ccccc3[N+](=O)[O-])cc2)cc1. The highest BCUT2D eigenvalue weighted by atomic mass is 16.6. The number of nitro groups is 1. The number of hydrogen-bond donors (Lipinski definition) is 1. The Kier molecular flexibility index (Phi) is 6.32. The summed E-state index contributed by atoms with van der Waals surface area (Å²) in [5.74, 6) is 0.368. The summed E-state index contributed by atoms with van der Waals surface area (Å²) in [6.45, 7) is 2.40. The van der Waals surface area contributed by atoms with Crippen LogP contribution in [0.5, 0.6) is 5.75 Å². The molecule has 0 bridgehead atoms. The Hall–Kier alpha value is -4.00. The molecule has 3 rings (SSSR count). The number of nitrogens with one attached hydrogen (secondary N) is 1. The molecule has 0 saturated carbocycles. The van der Waals surface area contributed by atoms with Crippen LogP contribution in [-0.2, 0) is 6.61 Å². The van der Waals surface area contributed by atoms with Crippen molar-refractivity contribution in [3.63, 3.8) is 0 Å². The maximum absolute atomic E-state index is 12.2. The molecule has 0 radical (unpaired) electrons. The van der Waals surface area contributed by atoms with Crippen LogP contribution >= 0.6 is 0 Å². The molecule has 0 aliphatic heterocycles. The van der Waals surface area contributed by atoms with Gasteiger partial charge in [0.1, 0.15) is 12.4 Å². The van der Waals surface area contributed by atoms with Gasteiger partial charge in [0.15, 0.2) is 0 Å². The average molecular weight is 389 g/mol. The molecule has 1 N–H and O–H groups in total. The van der Waals surface area contributed by atoms with Crippen molar-refractivity contribution in [2.75, 3.05) is 0 Å². The summed E-state index contributed by atoms with van der Waals surface area (Å²) in [5, 5.41) is 14.8. The molecular weight excluding hydrogens is 370 g/mol. The predicted octanol–water partition coefficient (Wildman–Crippen LogP) is 4.25. The van der Waals surface area contributed by atoms with Crippen LogP contribution in [0.1, 0.15) is 27.0 Å². The van der Waals surface area contributed by atoms with Crippen molar-refractivity contribution in [1.82, 2.24) is 5.43 Å². The summed E-state index contributed by atoms with van der Waals surface area (Å²) in [5.41, 5.74) is 5.11. The fraction of sp³-hybridized carbons (Fsp3) is 0.0909. The molecule has 3 aromatic rings. The number of carbonyl (C=O) groups excluding carboxylic acids is 1. The molecular formula is C22H19N3O4. The van der Waals surface area contributed by atoms with Crippen LogP contribution in [0.4, 0.5) is 5.69 Å². The first-order valence-corrected chi connectivity index (χ1v) is 8.88. The highest BCUT2D eigenvalue weighted by Crippen LogP contribution is 2.16.